The van der Waals surface area contributed by atoms with Gasteiger partial charge >= 0.3 is 11.9 Å². The van der Waals surface area contributed by atoms with Crippen LogP contribution in [0.4, 0.5) is 0 Å². The molecule has 4 nitrogen and oxygen atoms in total. The number of benzene rings is 3. The van der Waals surface area contributed by atoms with Gasteiger partial charge in [0.05, 0.1) is 5.56 Å². The maximum Gasteiger partial charge on any atom is 0.343 e. The maximum absolute atomic E-state index is 12.2. The fourth-order valence-electron chi connectivity index (χ4n) is 2.61. The first-order chi connectivity index (χ1) is 14.0. The number of carbonyl (C=O) groups excluding carboxylic acids is 2. The van der Waals surface area contributed by atoms with Crippen molar-refractivity contribution in [2.24, 2.45) is 0 Å². The molecule has 0 aliphatic carbocycles. The number of rotatable bonds is 6. The Balaban J connectivity index is 1.56. The summed E-state index contributed by atoms with van der Waals surface area (Å²) in [7, 11) is 0. The molecule has 3 aromatic carbocycles. The van der Waals surface area contributed by atoms with Gasteiger partial charge < -0.3 is 9.47 Å². The molecule has 0 N–H and O–H groups in total. The van der Waals surface area contributed by atoms with Gasteiger partial charge in [0, 0.05) is 6.08 Å². The van der Waals surface area contributed by atoms with Crippen molar-refractivity contribution >= 4 is 18.0 Å². The Morgan fingerprint density at radius 3 is 2.00 bits per heavy atom. The van der Waals surface area contributed by atoms with Crippen LogP contribution in [0.25, 0.3) is 6.08 Å². The van der Waals surface area contributed by atoms with Crippen molar-refractivity contribution in [3.05, 3.63) is 101 Å². The first kappa shape index (κ1) is 20.1. The number of aryl methyl sites for hydroxylation is 2. The van der Waals surface area contributed by atoms with Crippen LogP contribution in [0.1, 0.15) is 34.0 Å². The van der Waals surface area contributed by atoms with Gasteiger partial charge in [-0.1, -0.05) is 48.9 Å². The van der Waals surface area contributed by atoms with Crippen molar-refractivity contribution in [1.29, 1.82) is 0 Å². The van der Waals surface area contributed by atoms with Crippen molar-refractivity contribution < 1.29 is 19.1 Å². The summed E-state index contributed by atoms with van der Waals surface area (Å²) in [4.78, 5) is 24.1. The summed E-state index contributed by atoms with van der Waals surface area (Å²) in [6, 6.07) is 21.5. The minimum absolute atomic E-state index is 0.405. The summed E-state index contributed by atoms with van der Waals surface area (Å²) in [5.41, 5.74) is 3.56. The van der Waals surface area contributed by atoms with Crippen LogP contribution in [0.15, 0.2) is 78.9 Å². The predicted molar refractivity (Wildman–Crippen MR) is 113 cm³/mol. The molecule has 0 amide bonds. The van der Waals surface area contributed by atoms with Gasteiger partial charge in [0.1, 0.15) is 11.5 Å². The molecular formula is C25H22O4. The Hall–Kier alpha value is -3.66. The topological polar surface area (TPSA) is 52.6 Å². The fraction of sp³-hybridized carbons (Fsp3) is 0.120. The average molecular weight is 386 g/mol. The van der Waals surface area contributed by atoms with Crippen LogP contribution in [0.5, 0.6) is 11.5 Å². The normalized spacial score (nSPS) is 10.7. The van der Waals surface area contributed by atoms with Gasteiger partial charge in [-0.2, -0.15) is 0 Å². The second-order valence-electron chi connectivity index (χ2n) is 6.58. The third-order valence-corrected chi connectivity index (χ3v) is 4.34. The van der Waals surface area contributed by atoms with Crippen LogP contribution in [-0.4, -0.2) is 11.9 Å². The first-order valence-corrected chi connectivity index (χ1v) is 9.41. The molecule has 0 unspecified atom stereocenters. The summed E-state index contributed by atoms with van der Waals surface area (Å²) in [6.07, 6.45) is 3.92. The third kappa shape index (κ3) is 5.91. The molecule has 0 radical (unpaired) electrons. The average Bonchev–Trinajstić information content (AvgIpc) is 2.75. The highest BCUT2D eigenvalue weighted by Crippen LogP contribution is 2.16. The number of carbonyl (C=O) groups is 2. The molecule has 0 spiro atoms. The summed E-state index contributed by atoms with van der Waals surface area (Å²) >= 11 is 0. The van der Waals surface area contributed by atoms with E-state index in [0.717, 1.165) is 17.5 Å². The zero-order valence-electron chi connectivity index (χ0n) is 16.4. The maximum atomic E-state index is 12.2. The zero-order valence-corrected chi connectivity index (χ0v) is 16.4. The molecule has 0 aromatic heterocycles. The van der Waals surface area contributed by atoms with Crippen molar-refractivity contribution in [2.75, 3.05) is 0 Å². The highest BCUT2D eigenvalue weighted by atomic mass is 16.5. The monoisotopic (exact) mass is 386 g/mol. The van der Waals surface area contributed by atoms with E-state index in [1.54, 1.807) is 54.6 Å². The quantitative estimate of drug-likeness (QED) is 0.324. The SMILES string of the molecule is CCc1ccc(C(=O)Oc2ccc(C=CC(=O)Oc3ccc(C)cc3)cc2)cc1. The molecule has 0 heterocycles. The lowest BCUT2D eigenvalue weighted by Gasteiger charge is -2.05. The van der Waals surface area contributed by atoms with Crippen LogP contribution >= 0.6 is 0 Å². The molecule has 0 saturated heterocycles. The molecule has 29 heavy (non-hydrogen) atoms. The van der Waals surface area contributed by atoms with E-state index < -0.39 is 11.9 Å². The predicted octanol–water partition coefficient (Wildman–Crippen LogP) is 5.40. The standard InChI is InChI=1S/C25H22O4/c1-3-19-6-11-21(12-7-19)25(27)29-23-15-8-20(9-16-23)10-17-24(26)28-22-13-4-18(2)5-14-22/h4-17H,3H2,1-2H3. The van der Waals surface area contributed by atoms with E-state index in [4.69, 9.17) is 9.47 Å². The van der Waals surface area contributed by atoms with Gasteiger partial charge in [0.2, 0.25) is 0 Å². The van der Waals surface area contributed by atoms with Gasteiger partial charge in [-0.3, -0.25) is 0 Å². The van der Waals surface area contributed by atoms with Gasteiger partial charge in [-0.05, 0) is 66.9 Å². The van der Waals surface area contributed by atoms with Crippen molar-refractivity contribution in [1.82, 2.24) is 0 Å². The number of hydrogen-bond donors (Lipinski definition) is 0. The lowest BCUT2D eigenvalue weighted by Crippen LogP contribution is -2.08. The number of ether oxygens (including phenoxy) is 2. The van der Waals surface area contributed by atoms with E-state index in [0.29, 0.717) is 17.1 Å². The largest absolute Gasteiger partial charge is 0.423 e. The Labute approximate surface area is 170 Å². The minimum Gasteiger partial charge on any atom is -0.423 e. The van der Waals surface area contributed by atoms with E-state index in [1.165, 1.54) is 11.6 Å². The Bertz CT molecular complexity index is 998. The second-order valence-corrected chi connectivity index (χ2v) is 6.58. The number of hydrogen-bond acceptors (Lipinski definition) is 4. The molecular weight excluding hydrogens is 364 g/mol. The summed E-state index contributed by atoms with van der Waals surface area (Å²) in [5.74, 6) is 0.0749. The summed E-state index contributed by atoms with van der Waals surface area (Å²) in [6.45, 7) is 4.03. The van der Waals surface area contributed by atoms with E-state index in [9.17, 15) is 9.59 Å². The first-order valence-electron chi connectivity index (χ1n) is 9.41. The zero-order chi connectivity index (χ0) is 20.6. The van der Waals surface area contributed by atoms with Crippen molar-refractivity contribution in [2.45, 2.75) is 20.3 Å². The molecule has 0 saturated carbocycles. The molecule has 0 aliphatic heterocycles. The van der Waals surface area contributed by atoms with Crippen LogP contribution in [0.3, 0.4) is 0 Å². The van der Waals surface area contributed by atoms with Crippen LogP contribution < -0.4 is 9.47 Å². The summed E-state index contributed by atoms with van der Waals surface area (Å²) in [5, 5.41) is 0. The van der Waals surface area contributed by atoms with Crippen molar-refractivity contribution in [3.8, 4) is 11.5 Å². The third-order valence-electron chi connectivity index (χ3n) is 4.34. The highest BCUT2D eigenvalue weighted by molar-refractivity contribution is 5.91. The Morgan fingerprint density at radius 2 is 1.38 bits per heavy atom. The van der Waals surface area contributed by atoms with Crippen molar-refractivity contribution in [3.63, 3.8) is 0 Å². The molecule has 146 valence electrons. The van der Waals surface area contributed by atoms with Gasteiger partial charge in [0.15, 0.2) is 0 Å². The van der Waals surface area contributed by atoms with Gasteiger partial charge in [-0.25, -0.2) is 9.59 Å². The molecule has 0 bridgehead atoms. The molecule has 0 fully saturated rings. The lowest BCUT2D eigenvalue weighted by atomic mass is 10.1. The molecule has 3 rings (SSSR count). The van der Waals surface area contributed by atoms with E-state index in [-0.39, 0.29) is 0 Å². The van der Waals surface area contributed by atoms with Crippen LogP contribution in [0.2, 0.25) is 0 Å². The van der Waals surface area contributed by atoms with Gasteiger partial charge in [0.25, 0.3) is 0 Å². The Kier molecular flexibility index (Phi) is 6.59. The molecule has 3 aromatic rings. The molecule has 0 aliphatic rings. The number of esters is 2. The Morgan fingerprint density at radius 1 is 0.793 bits per heavy atom. The van der Waals surface area contributed by atoms with Crippen LogP contribution in [0, 0.1) is 6.92 Å². The van der Waals surface area contributed by atoms with E-state index >= 15 is 0 Å². The van der Waals surface area contributed by atoms with E-state index in [2.05, 4.69) is 6.92 Å². The molecule has 4 heteroatoms. The fourth-order valence-corrected chi connectivity index (χ4v) is 2.61. The van der Waals surface area contributed by atoms with Gasteiger partial charge in [-0.15, -0.1) is 0 Å². The minimum atomic E-state index is -0.458. The van der Waals surface area contributed by atoms with E-state index in [1.807, 2.05) is 31.2 Å². The second kappa shape index (κ2) is 9.51. The summed E-state index contributed by atoms with van der Waals surface area (Å²) < 4.78 is 10.6. The lowest BCUT2D eigenvalue weighted by molar-refractivity contribution is -0.128. The highest BCUT2D eigenvalue weighted by Gasteiger charge is 2.08. The van der Waals surface area contributed by atoms with Crippen LogP contribution in [-0.2, 0) is 11.2 Å². The smallest absolute Gasteiger partial charge is 0.343 e. The molecule has 0 atom stereocenters.